The second-order valence-corrected chi connectivity index (χ2v) is 5.71. The highest BCUT2D eigenvalue weighted by molar-refractivity contribution is 9.11. The van der Waals surface area contributed by atoms with Gasteiger partial charge in [-0.05, 0) is 40.4 Å². The molecule has 15 heavy (non-hydrogen) atoms. The van der Waals surface area contributed by atoms with E-state index < -0.39 is 0 Å². The van der Waals surface area contributed by atoms with Crippen LogP contribution in [0.4, 0.5) is 0 Å². The largest absolute Gasteiger partial charge is 0.183 e. The van der Waals surface area contributed by atoms with E-state index in [1.807, 2.05) is 0 Å². The number of hydrogen-bond donors (Lipinski definition) is 0. The number of nitrogens with zero attached hydrogens (tertiary/aromatic N) is 2. The first-order valence-corrected chi connectivity index (χ1v) is 6.39. The SMILES string of the molecule is Cc1ccccc1CCc1nnc(Br)s1. The predicted octanol–water partition coefficient (Wildman–Crippen LogP) is 3.39. The number of hydrogen-bond acceptors (Lipinski definition) is 3. The summed E-state index contributed by atoms with van der Waals surface area (Å²) in [5.41, 5.74) is 2.74. The van der Waals surface area contributed by atoms with Crippen molar-refractivity contribution in [2.24, 2.45) is 0 Å². The van der Waals surface area contributed by atoms with Gasteiger partial charge in [-0.2, -0.15) is 0 Å². The fourth-order valence-corrected chi connectivity index (χ4v) is 2.67. The van der Waals surface area contributed by atoms with Crippen molar-refractivity contribution in [2.45, 2.75) is 19.8 Å². The first-order chi connectivity index (χ1) is 7.25. The zero-order valence-electron chi connectivity index (χ0n) is 8.40. The van der Waals surface area contributed by atoms with Gasteiger partial charge in [-0.25, -0.2) is 0 Å². The highest BCUT2D eigenvalue weighted by Crippen LogP contribution is 2.18. The van der Waals surface area contributed by atoms with E-state index in [0.717, 1.165) is 21.8 Å². The molecule has 1 heterocycles. The number of aromatic nitrogens is 2. The first kappa shape index (κ1) is 10.8. The minimum atomic E-state index is 0.863. The average Bonchev–Trinajstić information content (AvgIpc) is 2.63. The minimum Gasteiger partial charge on any atom is -0.143 e. The van der Waals surface area contributed by atoms with E-state index in [-0.39, 0.29) is 0 Å². The summed E-state index contributed by atoms with van der Waals surface area (Å²) >= 11 is 4.93. The molecule has 2 rings (SSSR count). The Hall–Kier alpha value is -0.740. The smallest absolute Gasteiger partial charge is 0.143 e. The Labute approximate surface area is 101 Å². The molecular formula is C11H11BrN2S. The van der Waals surface area contributed by atoms with E-state index in [4.69, 9.17) is 0 Å². The summed E-state index contributed by atoms with van der Waals surface area (Å²) in [6.07, 6.45) is 2.00. The highest BCUT2D eigenvalue weighted by atomic mass is 79.9. The molecule has 0 fully saturated rings. The molecule has 0 unspecified atom stereocenters. The Bertz CT molecular complexity index is 453. The molecule has 0 spiro atoms. The fraction of sp³-hybridized carbons (Fsp3) is 0.273. The number of aryl methyl sites for hydroxylation is 3. The van der Waals surface area contributed by atoms with Crippen molar-refractivity contribution in [1.82, 2.24) is 10.2 Å². The summed E-state index contributed by atoms with van der Waals surface area (Å²) in [6.45, 7) is 2.14. The molecule has 0 saturated carbocycles. The molecule has 0 bridgehead atoms. The van der Waals surface area contributed by atoms with Crippen molar-refractivity contribution in [2.75, 3.05) is 0 Å². The molecule has 1 aromatic carbocycles. The van der Waals surface area contributed by atoms with Crippen molar-refractivity contribution in [3.05, 3.63) is 44.3 Å². The first-order valence-electron chi connectivity index (χ1n) is 4.78. The van der Waals surface area contributed by atoms with Gasteiger partial charge in [-0.3, -0.25) is 0 Å². The van der Waals surface area contributed by atoms with Crippen molar-refractivity contribution in [1.29, 1.82) is 0 Å². The summed E-state index contributed by atoms with van der Waals surface area (Å²) in [5.74, 6) is 0. The molecule has 2 nitrogen and oxygen atoms in total. The van der Waals surface area contributed by atoms with Gasteiger partial charge >= 0.3 is 0 Å². The Morgan fingerprint density at radius 3 is 2.67 bits per heavy atom. The van der Waals surface area contributed by atoms with Gasteiger partial charge in [0, 0.05) is 6.42 Å². The molecule has 2 aromatic rings. The average molecular weight is 283 g/mol. The van der Waals surface area contributed by atoms with Crippen molar-refractivity contribution in [3.63, 3.8) is 0 Å². The highest BCUT2D eigenvalue weighted by Gasteiger charge is 2.03. The molecule has 0 atom stereocenters. The quantitative estimate of drug-likeness (QED) is 0.862. The van der Waals surface area contributed by atoms with Gasteiger partial charge in [0.15, 0.2) is 3.92 Å². The Morgan fingerprint density at radius 2 is 2.00 bits per heavy atom. The van der Waals surface area contributed by atoms with Crippen LogP contribution in [0.2, 0.25) is 0 Å². The maximum absolute atomic E-state index is 4.08. The second-order valence-electron chi connectivity index (χ2n) is 3.38. The van der Waals surface area contributed by atoms with Gasteiger partial charge in [0.05, 0.1) is 0 Å². The number of rotatable bonds is 3. The summed E-state index contributed by atoms with van der Waals surface area (Å²) in [7, 11) is 0. The van der Waals surface area contributed by atoms with E-state index >= 15 is 0 Å². The Balaban J connectivity index is 2.02. The van der Waals surface area contributed by atoms with E-state index in [1.165, 1.54) is 11.1 Å². The summed E-state index contributed by atoms with van der Waals surface area (Å²) in [5, 5.41) is 9.11. The van der Waals surface area contributed by atoms with Crippen LogP contribution >= 0.6 is 27.3 Å². The van der Waals surface area contributed by atoms with Crippen LogP contribution in [0.3, 0.4) is 0 Å². The molecule has 0 aliphatic rings. The molecule has 0 aliphatic carbocycles. The summed E-state index contributed by atoms with van der Waals surface area (Å²) in [6, 6.07) is 8.47. The van der Waals surface area contributed by atoms with Crippen LogP contribution in [0.1, 0.15) is 16.1 Å². The van der Waals surface area contributed by atoms with Gasteiger partial charge in [-0.1, -0.05) is 35.6 Å². The zero-order chi connectivity index (χ0) is 10.7. The van der Waals surface area contributed by atoms with Crippen LogP contribution in [-0.4, -0.2) is 10.2 Å². The summed E-state index contributed by atoms with van der Waals surface area (Å²) in [4.78, 5) is 0. The van der Waals surface area contributed by atoms with Gasteiger partial charge in [-0.15, -0.1) is 10.2 Å². The molecule has 78 valence electrons. The van der Waals surface area contributed by atoms with Gasteiger partial charge in [0.25, 0.3) is 0 Å². The van der Waals surface area contributed by atoms with Crippen LogP contribution in [0.25, 0.3) is 0 Å². The third-order valence-corrected chi connectivity index (χ3v) is 3.73. The number of halogens is 1. The molecule has 0 radical (unpaired) electrons. The maximum Gasteiger partial charge on any atom is 0.183 e. The van der Waals surface area contributed by atoms with Crippen molar-refractivity contribution >= 4 is 27.3 Å². The van der Waals surface area contributed by atoms with Crippen LogP contribution < -0.4 is 0 Å². The third kappa shape index (κ3) is 2.86. The lowest BCUT2D eigenvalue weighted by Gasteiger charge is -2.02. The standard InChI is InChI=1S/C11H11BrN2S/c1-8-4-2-3-5-9(8)6-7-10-13-14-11(12)15-10/h2-5H,6-7H2,1H3. The number of benzene rings is 1. The maximum atomic E-state index is 4.08. The molecule has 1 aromatic heterocycles. The van der Waals surface area contributed by atoms with Gasteiger partial charge in [0.2, 0.25) is 0 Å². The van der Waals surface area contributed by atoms with Gasteiger partial charge in [0.1, 0.15) is 5.01 Å². The van der Waals surface area contributed by atoms with Gasteiger partial charge < -0.3 is 0 Å². The minimum absolute atomic E-state index is 0.863. The zero-order valence-corrected chi connectivity index (χ0v) is 10.8. The predicted molar refractivity (Wildman–Crippen MR) is 66.2 cm³/mol. The topological polar surface area (TPSA) is 25.8 Å². The van der Waals surface area contributed by atoms with E-state index in [1.54, 1.807) is 11.3 Å². The lowest BCUT2D eigenvalue weighted by atomic mass is 10.0. The lowest BCUT2D eigenvalue weighted by molar-refractivity contribution is 0.895. The third-order valence-electron chi connectivity index (χ3n) is 2.31. The molecule has 0 aliphatic heterocycles. The monoisotopic (exact) mass is 282 g/mol. The van der Waals surface area contributed by atoms with Crippen LogP contribution in [0.5, 0.6) is 0 Å². The van der Waals surface area contributed by atoms with Crippen molar-refractivity contribution in [3.8, 4) is 0 Å². The lowest BCUT2D eigenvalue weighted by Crippen LogP contribution is -1.93. The van der Waals surface area contributed by atoms with E-state index in [9.17, 15) is 0 Å². The normalized spacial score (nSPS) is 10.5. The molecule has 0 N–H and O–H groups in total. The molecule has 0 saturated heterocycles. The molecule has 0 amide bonds. The van der Waals surface area contributed by atoms with Crippen molar-refractivity contribution < 1.29 is 0 Å². The Kier molecular flexibility index (Phi) is 3.49. The Morgan fingerprint density at radius 1 is 1.20 bits per heavy atom. The van der Waals surface area contributed by atoms with Crippen LogP contribution in [0.15, 0.2) is 28.2 Å². The molecule has 4 heteroatoms. The molecular weight excluding hydrogens is 272 g/mol. The van der Waals surface area contributed by atoms with Crippen LogP contribution in [0, 0.1) is 6.92 Å². The van der Waals surface area contributed by atoms with E-state index in [0.29, 0.717) is 0 Å². The van der Waals surface area contributed by atoms with Crippen LogP contribution in [-0.2, 0) is 12.8 Å². The van der Waals surface area contributed by atoms with E-state index in [2.05, 4.69) is 57.3 Å². The second kappa shape index (κ2) is 4.86. The summed E-state index contributed by atoms with van der Waals surface area (Å²) < 4.78 is 0.863. The fourth-order valence-electron chi connectivity index (χ4n) is 1.47.